The lowest BCUT2D eigenvalue weighted by Gasteiger charge is -2.19. The molecular weight excluding hydrogens is 841 g/mol. The summed E-state index contributed by atoms with van der Waals surface area (Å²) in [7, 11) is 0. The molecule has 6 nitrogen and oxygen atoms in total. The first-order chi connectivity index (χ1) is 34.3. The summed E-state index contributed by atoms with van der Waals surface area (Å²) in [5, 5.41) is 6.75. The Kier molecular flexibility index (Phi) is 8.79. The van der Waals surface area contributed by atoms with Crippen LogP contribution >= 0.6 is 0 Å². The molecule has 10 aromatic carbocycles. The van der Waals surface area contributed by atoms with Gasteiger partial charge < -0.3 is 9.13 Å². The molecule has 14 rings (SSSR count). The molecular formula is C63H40N6. The van der Waals surface area contributed by atoms with Gasteiger partial charge in [-0.05, 0) is 59.2 Å². The van der Waals surface area contributed by atoms with Gasteiger partial charge in [-0.3, -0.25) is 4.57 Å². The fourth-order valence-corrected chi connectivity index (χ4v) is 10.8. The van der Waals surface area contributed by atoms with Gasteiger partial charge in [-0.1, -0.05) is 200 Å². The van der Waals surface area contributed by atoms with Crippen molar-refractivity contribution in [1.82, 2.24) is 28.7 Å². The van der Waals surface area contributed by atoms with Gasteiger partial charge >= 0.3 is 0 Å². The van der Waals surface area contributed by atoms with Crippen molar-refractivity contribution in [2.45, 2.75) is 0 Å². The molecule has 0 N–H and O–H groups in total. The monoisotopic (exact) mass is 880 g/mol. The van der Waals surface area contributed by atoms with Gasteiger partial charge in [0.2, 0.25) is 5.95 Å². The van der Waals surface area contributed by atoms with E-state index in [-0.39, 0.29) is 0 Å². The Balaban J connectivity index is 1.12. The van der Waals surface area contributed by atoms with Gasteiger partial charge in [-0.2, -0.15) is 9.97 Å². The largest absolute Gasteiger partial charge is 0.309 e. The first-order valence-corrected chi connectivity index (χ1v) is 23.4. The zero-order chi connectivity index (χ0) is 45.4. The van der Waals surface area contributed by atoms with Gasteiger partial charge in [-0.25, -0.2) is 4.98 Å². The van der Waals surface area contributed by atoms with E-state index in [4.69, 9.17) is 15.0 Å². The van der Waals surface area contributed by atoms with E-state index in [0.29, 0.717) is 17.6 Å². The Hall–Kier alpha value is -9.39. The maximum absolute atomic E-state index is 5.62. The summed E-state index contributed by atoms with van der Waals surface area (Å²) in [5.74, 6) is 1.74. The summed E-state index contributed by atoms with van der Waals surface area (Å²) in [5.41, 5.74) is 15.1. The molecule has 0 bridgehead atoms. The minimum atomic E-state index is 0.541. The molecule has 0 unspecified atom stereocenters. The normalized spacial score (nSPS) is 11.8. The number of para-hydroxylation sites is 4. The molecule has 0 fully saturated rings. The molecule has 0 spiro atoms. The smallest absolute Gasteiger partial charge is 0.238 e. The molecule has 6 heteroatoms. The summed E-state index contributed by atoms with van der Waals surface area (Å²) in [6.45, 7) is 0. The van der Waals surface area contributed by atoms with Crippen molar-refractivity contribution in [2.75, 3.05) is 0 Å². The molecule has 0 saturated carbocycles. The van der Waals surface area contributed by atoms with Crippen molar-refractivity contribution in [1.29, 1.82) is 0 Å². The van der Waals surface area contributed by atoms with E-state index in [0.717, 1.165) is 110 Å². The summed E-state index contributed by atoms with van der Waals surface area (Å²) >= 11 is 0. The molecule has 0 aliphatic heterocycles. The summed E-state index contributed by atoms with van der Waals surface area (Å²) in [6, 6.07) is 86.2. The Morgan fingerprint density at radius 3 is 1.42 bits per heavy atom. The number of hydrogen-bond donors (Lipinski definition) is 0. The topological polar surface area (TPSA) is 53.5 Å². The molecule has 322 valence electrons. The molecule has 0 amide bonds. The Labute approximate surface area is 397 Å². The van der Waals surface area contributed by atoms with E-state index in [1.807, 2.05) is 18.2 Å². The van der Waals surface area contributed by atoms with Crippen LogP contribution in [0.3, 0.4) is 0 Å². The minimum absolute atomic E-state index is 0.541. The Morgan fingerprint density at radius 1 is 0.275 bits per heavy atom. The predicted molar refractivity (Wildman–Crippen MR) is 285 cm³/mol. The first-order valence-electron chi connectivity index (χ1n) is 23.4. The van der Waals surface area contributed by atoms with Crippen LogP contribution in [0.15, 0.2) is 243 Å². The number of aromatic nitrogens is 6. The summed E-state index contributed by atoms with van der Waals surface area (Å²) < 4.78 is 7.11. The predicted octanol–water partition coefficient (Wildman–Crippen LogP) is 15.8. The standard InChI is InChI=1S/C63H40N6/c1-5-21-41(22-6-1)45-32-19-37-55(57(45)42-23-7-2-8-24-42)68-52-34-16-13-29-46(52)48-39-40-49-47-30-14-17-35-53(47)69(60(49)59(48)68)63-65-61(43-25-9-3-10-26-43)64-62(66-63)51-33-20-38-56-58(51)50-31-15-18-36-54(50)67(56)44-27-11-4-12-28-44/h1-40H. The summed E-state index contributed by atoms with van der Waals surface area (Å²) in [6.07, 6.45) is 0. The Morgan fingerprint density at radius 2 is 0.754 bits per heavy atom. The van der Waals surface area contributed by atoms with E-state index in [1.165, 1.54) is 0 Å². The highest BCUT2D eigenvalue weighted by atomic mass is 15.2. The summed E-state index contributed by atoms with van der Waals surface area (Å²) in [4.78, 5) is 16.5. The Bertz CT molecular complexity index is 4280. The fraction of sp³-hybridized carbons (Fsp3) is 0. The van der Waals surface area contributed by atoms with Crippen LogP contribution in [0.25, 0.3) is 128 Å². The van der Waals surface area contributed by atoms with Crippen LogP contribution in [0.1, 0.15) is 0 Å². The molecule has 14 aromatic rings. The quantitative estimate of drug-likeness (QED) is 0.160. The molecule has 0 radical (unpaired) electrons. The molecule has 69 heavy (non-hydrogen) atoms. The molecule has 0 saturated heterocycles. The van der Waals surface area contributed by atoms with Crippen molar-refractivity contribution >= 4 is 65.4 Å². The number of benzene rings is 10. The second-order valence-electron chi connectivity index (χ2n) is 17.5. The first kappa shape index (κ1) is 38.8. The fourth-order valence-electron chi connectivity index (χ4n) is 10.8. The molecule has 4 aromatic heterocycles. The van der Waals surface area contributed by atoms with E-state index in [2.05, 4.69) is 238 Å². The average Bonchev–Trinajstić information content (AvgIpc) is 4.07. The van der Waals surface area contributed by atoms with E-state index in [9.17, 15) is 0 Å². The van der Waals surface area contributed by atoms with Crippen LogP contribution in [0.2, 0.25) is 0 Å². The van der Waals surface area contributed by atoms with Crippen LogP contribution in [-0.4, -0.2) is 28.7 Å². The average molecular weight is 881 g/mol. The second kappa shape index (κ2) is 15.6. The van der Waals surface area contributed by atoms with Crippen molar-refractivity contribution in [3.8, 4) is 62.4 Å². The third kappa shape index (κ3) is 6.02. The van der Waals surface area contributed by atoms with Crippen LogP contribution < -0.4 is 0 Å². The highest BCUT2D eigenvalue weighted by Crippen LogP contribution is 2.46. The van der Waals surface area contributed by atoms with Crippen molar-refractivity contribution < 1.29 is 0 Å². The van der Waals surface area contributed by atoms with Crippen LogP contribution in [0.4, 0.5) is 0 Å². The van der Waals surface area contributed by atoms with E-state index >= 15 is 0 Å². The zero-order valence-electron chi connectivity index (χ0n) is 37.3. The molecule has 4 heterocycles. The third-order valence-corrected chi connectivity index (χ3v) is 13.7. The van der Waals surface area contributed by atoms with Gasteiger partial charge in [-0.15, -0.1) is 0 Å². The highest BCUT2D eigenvalue weighted by molar-refractivity contribution is 6.24. The van der Waals surface area contributed by atoms with Crippen molar-refractivity contribution in [3.63, 3.8) is 0 Å². The maximum atomic E-state index is 5.62. The van der Waals surface area contributed by atoms with Gasteiger partial charge in [0.1, 0.15) is 0 Å². The lowest BCUT2D eigenvalue weighted by atomic mass is 9.93. The number of rotatable bonds is 7. The zero-order valence-corrected chi connectivity index (χ0v) is 37.3. The van der Waals surface area contributed by atoms with Crippen molar-refractivity contribution in [3.05, 3.63) is 243 Å². The second-order valence-corrected chi connectivity index (χ2v) is 17.5. The van der Waals surface area contributed by atoms with Gasteiger partial charge in [0.05, 0.1) is 38.8 Å². The molecule has 0 aliphatic rings. The maximum Gasteiger partial charge on any atom is 0.238 e. The highest BCUT2D eigenvalue weighted by Gasteiger charge is 2.26. The van der Waals surface area contributed by atoms with Crippen LogP contribution in [0, 0.1) is 0 Å². The third-order valence-electron chi connectivity index (χ3n) is 13.7. The van der Waals surface area contributed by atoms with Crippen molar-refractivity contribution in [2.24, 2.45) is 0 Å². The lowest BCUT2D eigenvalue weighted by Crippen LogP contribution is -2.07. The lowest BCUT2D eigenvalue weighted by molar-refractivity contribution is 0.954. The van der Waals surface area contributed by atoms with E-state index in [1.54, 1.807) is 0 Å². The number of hydrogen-bond acceptors (Lipinski definition) is 3. The molecule has 0 aliphatic carbocycles. The van der Waals surface area contributed by atoms with Gasteiger partial charge in [0, 0.05) is 54.7 Å². The SMILES string of the molecule is c1ccc(-c2nc(-c3cccc4c3c3ccccc3n4-c3ccccc3)nc(-n3c4ccccc4c4ccc5c6ccccc6n(-c6cccc(-c7ccccc7)c6-c6ccccc6)c5c43)n2)cc1. The molecule has 0 atom stereocenters. The number of fused-ring (bicyclic) bond motifs is 10. The van der Waals surface area contributed by atoms with Crippen LogP contribution in [0.5, 0.6) is 0 Å². The van der Waals surface area contributed by atoms with Crippen LogP contribution in [-0.2, 0) is 0 Å². The van der Waals surface area contributed by atoms with Gasteiger partial charge in [0.25, 0.3) is 0 Å². The number of nitrogens with zero attached hydrogens (tertiary/aromatic N) is 6. The van der Waals surface area contributed by atoms with Gasteiger partial charge in [0.15, 0.2) is 11.6 Å². The minimum Gasteiger partial charge on any atom is -0.309 e. The van der Waals surface area contributed by atoms with E-state index < -0.39 is 0 Å².